The van der Waals surface area contributed by atoms with Crippen molar-refractivity contribution in [3.05, 3.63) is 23.2 Å². The number of halogens is 1. The van der Waals surface area contributed by atoms with Gasteiger partial charge in [-0.25, -0.2) is 0 Å². The molecule has 0 aromatic heterocycles. The van der Waals surface area contributed by atoms with E-state index >= 15 is 0 Å². The Kier molecular flexibility index (Phi) is 5.45. The fourth-order valence-electron chi connectivity index (χ4n) is 2.58. The minimum atomic E-state index is -0.280. The third-order valence-corrected chi connectivity index (χ3v) is 4.17. The molecule has 116 valence electrons. The van der Waals surface area contributed by atoms with E-state index in [4.69, 9.17) is 17.3 Å². The number of benzene rings is 1. The molecular weight excluding hydrogens is 290 g/mol. The number of rotatable bonds is 5. The standard InChI is InChI=1S/C15H22ClN3O2/c1-10(20)11-4-6-19(9-11)7-5-15(21)18-14-3-2-12(16)8-13(14)17/h2-3,8,10-11,20H,4-7,9,17H2,1H3,(H,18,21). The molecule has 21 heavy (non-hydrogen) atoms. The maximum Gasteiger partial charge on any atom is 0.225 e. The van der Waals surface area contributed by atoms with Crippen molar-refractivity contribution in [2.45, 2.75) is 25.9 Å². The number of amides is 1. The molecule has 1 aromatic rings. The molecule has 1 amide bonds. The second-order valence-corrected chi connectivity index (χ2v) is 6.06. The van der Waals surface area contributed by atoms with Crippen LogP contribution in [0.2, 0.25) is 5.02 Å². The van der Waals surface area contributed by atoms with Crippen molar-refractivity contribution in [2.24, 2.45) is 5.92 Å². The van der Waals surface area contributed by atoms with Gasteiger partial charge in [0.15, 0.2) is 0 Å². The molecule has 0 saturated carbocycles. The molecule has 0 bridgehead atoms. The highest BCUT2D eigenvalue weighted by Crippen LogP contribution is 2.23. The molecule has 1 aliphatic heterocycles. The summed E-state index contributed by atoms with van der Waals surface area (Å²) in [5, 5.41) is 12.9. The zero-order valence-electron chi connectivity index (χ0n) is 12.2. The summed E-state index contributed by atoms with van der Waals surface area (Å²) in [7, 11) is 0. The minimum absolute atomic E-state index is 0.0653. The molecule has 1 saturated heterocycles. The fourth-order valence-corrected chi connectivity index (χ4v) is 2.76. The average Bonchev–Trinajstić information content (AvgIpc) is 2.89. The van der Waals surface area contributed by atoms with Crippen LogP contribution in [0, 0.1) is 5.92 Å². The van der Waals surface area contributed by atoms with Gasteiger partial charge in [0.05, 0.1) is 17.5 Å². The summed E-state index contributed by atoms with van der Waals surface area (Å²) >= 11 is 5.82. The summed E-state index contributed by atoms with van der Waals surface area (Å²) in [5.41, 5.74) is 6.86. The highest BCUT2D eigenvalue weighted by molar-refractivity contribution is 6.31. The van der Waals surface area contributed by atoms with Crippen LogP contribution in [0.15, 0.2) is 18.2 Å². The molecule has 2 unspecified atom stereocenters. The van der Waals surface area contributed by atoms with E-state index in [1.807, 2.05) is 6.92 Å². The molecule has 0 aliphatic carbocycles. The van der Waals surface area contributed by atoms with E-state index in [0.29, 0.717) is 35.3 Å². The van der Waals surface area contributed by atoms with Gasteiger partial charge in [-0.1, -0.05) is 11.6 Å². The second kappa shape index (κ2) is 7.11. The number of carbonyl (C=O) groups excluding carboxylic acids is 1. The summed E-state index contributed by atoms with van der Waals surface area (Å²) in [6, 6.07) is 5.01. The van der Waals surface area contributed by atoms with E-state index in [0.717, 1.165) is 19.5 Å². The number of carbonyl (C=O) groups is 1. The smallest absolute Gasteiger partial charge is 0.225 e. The van der Waals surface area contributed by atoms with E-state index in [1.165, 1.54) is 0 Å². The molecule has 6 heteroatoms. The zero-order valence-corrected chi connectivity index (χ0v) is 12.9. The van der Waals surface area contributed by atoms with Gasteiger partial charge >= 0.3 is 0 Å². The van der Waals surface area contributed by atoms with Gasteiger partial charge in [0.2, 0.25) is 5.91 Å². The number of aliphatic hydroxyl groups excluding tert-OH is 1. The Balaban J connectivity index is 1.78. The molecule has 2 rings (SSSR count). The predicted octanol–water partition coefficient (Wildman–Crippen LogP) is 1.95. The van der Waals surface area contributed by atoms with Gasteiger partial charge in [0.25, 0.3) is 0 Å². The van der Waals surface area contributed by atoms with Crippen LogP contribution < -0.4 is 11.1 Å². The molecule has 0 radical (unpaired) electrons. The summed E-state index contributed by atoms with van der Waals surface area (Å²) in [6.07, 6.45) is 1.12. The summed E-state index contributed by atoms with van der Waals surface area (Å²) in [4.78, 5) is 14.2. The quantitative estimate of drug-likeness (QED) is 0.726. The monoisotopic (exact) mass is 311 g/mol. The lowest BCUT2D eigenvalue weighted by molar-refractivity contribution is -0.116. The van der Waals surface area contributed by atoms with Gasteiger partial charge < -0.3 is 21.1 Å². The zero-order chi connectivity index (χ0) is 15.4. The van der Waals surface area contributed by atoms with Crippen molar-refractivity contribution in [1.82, 2.24) is 4.90 Å². The Bertz CT molecular complexity index is 508. The molecule has 1 aromatic carbocycles. The number of likely N-dealkylation sites (tertiary alicyclic amines) is 1. The number of anilines is 2. The van der Waals surface area contributed by atoms with Crippen LogP contribution in [-0.2, 0) is 4.79 Å². The lowest BCUT2D eigenvalue weighted by atomic mass is 10.0. The number of nitrogens with zero attached hydrogens (tertiary/aromatic N) is 1. The van der Waals surface area contributed by atoms with E-state index in [-0.39, 0.29) is 12.0 Å². The molecule has 5 nitrogen and oxygen atoms in total. The largest absolute Gasteiger partial charge is 0.397 e. The molecule has 1 aliphatic rings. The van der Waals surface area contributed by atoms with Gasteiger partial charge in [-0.15, -0.1) is 0 Å². The number of hydrogen-bond acceptors (Lipinski definition) is 4. The predicted molar refractivity (Wildman–Crippen MR) is 85.3 cm³/mol. The molecule has 4 N–H and O–H groups in total. The Labute approximate surface area is 130 Å². The first kappa shape index (κ1) is 16.1. The third kappa shape index (κ3) is 4.59. The van der Waals surface area contributed by atoms with Crippen molar-refractivity contribution < 1.29 is 9.90 Å². The third-order valence-electron chi connectivity index (χ3n) is 3.93. The van der Waals surface area contributed by atoms with E-state index < -0.39 is 0 Å². The van der Waals surface area contributed by atoms with Crippen LogP contribution in [0.5, 0.6) is 0 Å². The number of hydrogen-bond donors (Lipinski definition) is 3. The summed E-state index contributed by atoms with van der Waals surface area (Å²) in [5.74, 6) is 0.254. The Morgan fingerprint density at radius 3 is 3.00 bits per heavy atom. The Hall–Kier alpha value is -1.30. The first-order valence-electron chi connectivity index (χ1n) is 7.21. The Morgan fingerprint density at radius 2 is 2.38 bits per heavy atom. The molecule has 1 fully saturated rings. The van der Waals surface area contributed by atoms with E-state index in [1.54, 1.807) is 18.2 Å². The maximum absolute atomic E-state index is 11.9. The minimum Gasteiger partial charge on any atom is -0.397 e. The number of aliphatic hydroxyl groups is 1. The topological polar surface area (TPSA) is 78.6 Å². The molecule has 0 spiro atoms. The molecule has 1 heterocycles. The van der Waals surface area contributed by atoms with Gasteiger partial charge in [-0.05, 0) is 44.0 Å². The van der Waals surface area contributed by atoms with Crippen molar-refractivity contribution in [1.29, 1.82) is 0 Å². The van der Waals surface area contributed by atoms with Crippen molar-refractivity contribution in [3.63, 3.8) is 0 Å². The van der Waals surface area contributed by atoms with Crippen LogP contribution in [0.1, 0.15) is 19.8 Å². The van der Waals surface area contributed by atoms with Crippen molar-refractivity contribution >= 4 is 28.9 Å². The normalized spacial score (nSPS) is 20.4. The fraction of sp³-hybridized carbons (Fsp3) is 0.533. The van der Waals surface area contributed by atoms with Gasteiger partial charge in [0, 0.05) is 24.5 Å². The highest BCUT2D eigenvalue weighted by atomic mass is 35.5. The van der Waals surface area contributed by atoms with Gasteiger partial charge in [0.1, 0.15) is 0 Å². The van der Waals surface area contributed by atoms with Crippen LogP contribution in [-0.4, -0.2) is 41.7 Å². The second-order valence-electron chi connectivity index (χ2n) is 5.62. The highest BCUT2D eigenvalue weighted by Gasteiger charge is 2.25. The Morgan fingerprint density at radius 1 is 1.62 bits per heavy atom. The van der Waals surface area contributed by atoms with Gasteiger partial charge in [-0.3, -0.25) is 4.79 Å². The number of nitrogens with one attached hydrogen (secondary N) is 1. The average molecular weight is 312 g/mol. The maximum atomic E-state index is 11.9. The van der Waals surface area contributed by atoms with Crippen LogP contribution >= 0.6 is 11.6 Å². The van der Waals surface area contributed by atoms with E-state index in [2.05, 4.69) is 10.2 Å². The summed E-state index contributed by atoms with van der Waals surface area (Å²) < 4.78 is 0. The lowest BCUT2D eigenvalue weighted by Crippen LogP contribution is -2.28. The van der Waals surface area contributed by atoms with E-state index in [9.17, 15) is 9.90 Å². The number of nitrogen functional groups attached to an aromatic ring is 1. The first-order chi connectivity index (χ1) is 9.95. The van der Waals surface area contributed by atoms with Crippen LogP contribution in [0.25, 0.3) is 0 Å². The van der Waals surface area contributed by atoms with Crippen molar-refractivity contribution in [3.8, 4) is 0 Å². The number of nitrogens with two attached hydrogens (primary N) is 1. The van der Waals surface area contributed by atoms with Crippen molar-refractivity contribution in [2.75, 3.05) is 30.7 Å². The lowest BCUT2D eigenvalue weighted by Gasteiger charge is -2.17. The molecular formula is C15H22ClN3O2. The SMILES string of the molecule is CC(O)C1CCN(CCC(=O)Nc2ccc(Cl)cc2N)C1. The first-order valence-corrected chi connectivity index (χ1v) is 7.59. The van der Waals surface area contributed by atoms with Crippen LogP contribution in [0.3, 0.4) is 0 Å². The van der Waals surface area contributed by atoms with Crippen LogP contribution in [0.4, 0.5) is 11.4 Å². The van der Waals surface area contributed by atoms with Gasteiger partial charge in [-0.2, -0.15) is 0 Å². The molecule has 2 atom stereocenters. The summed E-state index contributed by atoms with van der Waals surface area (Å²) in [6.45, 7) is 4.31.